The zero-order chi connectivity index (χ0) is 18.5. The molecule has 4 aromatic rings. The summed E-state index contributed by atoms with van der Waals surface area (Å²) in [4.78, 5) is 7.52. The topological polar surface area (TPSA) is 40.7 Å². The van der Waals surface area contributed by atoms with E-state index in [1.54, 1.807) is 12.4 Å². The first kappa shape index (κ1) is 17.2. The minimum Gasteiger partial charge on any atom is -0.363 e. The lowest BCUT2D eigenvalue weighted by Crippen LogP contribution is -2.13. The van der Waals surface area contributed by atoms with E-state index in [1.807, 2.05) is 48.7 Å². The number of aromatic nitrogens is 2. The molecule has 4 rings (SSSR count). The summed E-state index contributed by atoms with van der Waals surface area (Å²) >= 11 is 0. The van der Waals surface area contributed by atoms with Crippen molar-refractivity contribution in [1.29, 1.82) is 0 Å². The molecule has 0 saturated carbocycles. The number of nitrogens with one attached hydrogen (secondary N) is 2. The molecule has 0 atom stereocenters. The van der Waals surface area contributed by atoms with Gasteiger partial charge in [-0.1, -0.05) is 42.5 Å². The average molecular weight is 357 g/mol. The highest BCUT2D eigenvalue weighted by atomic mass is 19.1. The third kappa shape index (κ3) is 3.96. The number of pyridine rings is 1. The van der Waals surface area contributed by atoms with Gasteiger partial charge in [-0.3, -0.25) is 4.98 Å². The second kappa shape index (κ2) is 7.98. The Morgan fingerprint density at radius 2 is 1.56 bits per heavy atom. The van der Waals surface area contributed by atoms with Crippen LogP contribution in [-0.4, -0.2) is 9.97 Å². The van der Waals surface area contributed by atoms with Gasteiger partial charge in [-0.2, -0.15) is 0 Å². The Labute approximate surface area is 157 Å². The molecule has 0 fully saturated rings. The first-order chi connectivity index (χ1) is 13.3. The maximum Gasteiger partial charge on any atom is 0.123 e. The SMILES string of the molecule is Fc1ccc(-c2c[nH]c(CNCc3ccccc3)c2-c2ccncc2)cc1. The second-order valence-electron chi connectivity index (χ2n) is 6.39. The Morgan fingerprint density at radius 1 is 0.815 bits per heavy atom. The van der Waals surface area contributed by atoms with E-state index in [0.29, 0.717) is 6.54 Å². The quantitative estimate of drug-likeness (QED) is 0.500. The summed E-state index contributed by atoms with van der Waals surface area (Å²) in [6, 6.07) is 20.9. The van der Waals surface area contributed by atoms with Crippen LogP contribution in [0.1, 0.15) is 11.3 Å². The van der Waals surface area contributed by atoms with Crippen LogP contribution in [-0.2, 0) is 13.1 Å². The Morgan fingerprint density at radius 3 is 2.30 bits per heavy atom. The van der Waals surface area contributed by atoms with Crippen molar-refractivity contribution in [3.05, 3.63) is 102 Å². The van der Waals surface area contributed by atoms with Crippen molar-refractivity contribution in [2.45, 2.75) is 13.1 Å². The average Bonchev–Trinajstić information content (AvgIpc) is 3.14. The first-order valence-corrected chi connectivity index (χ1v) is 8.92. The van der Waals surface area contributed by atoms with Crippen LogP contribution in [0.4, 0.5) is 4.39 Å². The van der Waals surface area contributed by atoms with Crippen LogP contribution < -0.4 is 5.32 Å². The minimum absolute atomic E-state index is 0.232. The van der Waals surface area contributed by atoms with Crippen LogP contribution in [0.5, 0.6) is 0 Å². The van der Waals surface area contributed by atoms with Gasteiger partial charge in [0.05, 0.1) is 0 Å². The van der Waals surface area contributed by atoms with E-state index in [4.69, 9.17) is 0 Å². The van der Waals surface area contributed by atoms with Crippen LogP contribution in [0.2, 0.25) is 0 Å². The largest absolute Gasteiger partial charge is 0.363 e. The molecule has 3 nitrogen and oxygen atoms in total. The van der Waals surface area contributed by atoms with Crippen LogP contribution in [0.15, 0.2) is 85.3 Å². The molecule has 0 spiro atoms. The molecule has 27 heavy (non-hydrogen) atoms. The summed E-state index contributed by atoms with van der Waals surface area (Å²) in [7, 11) is 0. The summed E-state index contributed by atoms with van der Waals surface area (Å²) in [5.74, 6) is -0.232. The fraction of sp³-hybridized carbons (Fsp3) is 0.0870. The Hall–Kier alpha value is -3.24. The predicted octanol–water partition coefficient (Wildman–Crippen LogP) is 5.17. The number of nitrogens with zero attached hydrogens (tertiary/aromatic N) is 1. The van der Waals surface area contributed by atoms with E-state index in [0.717, 1.165) is 34.5 Å². The lowest BCUT2D eigenvalue weighted by molar-refractivity contribution is 0.628. The van der Waals surface area contributed by atoms with Gasteiger partial charge in [0.1, 0.15) is 5.82 Å². The van der Waals surface area contributed by atoms with Gasteiger partial charge in [-0.25, -0.2) is 4.39 Å². The Kier molecular flexibility index (Phi) is 5.08. The first-order valence-electron chi connectivity index (χ1n) is 8.92. The number of H-pyrrole nitrogens is 1. The van der Waals surface area contributed by atoms with Crippen molar-refractivity contribution in [1.82, 2.24) is 15.3 Å². The molecule has 0 aliphatic rings. The normalized spacial score (nSPS) is 10.9. The molecule has 0 saturated heterocycles. The number of benzene rings is 2. The lowest BCUT2D eigenvalue weighted by Gasteiger charge is -2.10. The summed E-state index contributed by atoms with van der Waals surface area (Å²) in [6.45, 7) is 1.50. The smallest absolute Gasteiger partial charge is 0.123 e. The van der Waals surface area contributed by atoms with E-state index < -0.39 is 0 Å². The van der Waals surface area contributed by atoms with Crippen molar-refractivity contribution in [3.63, 3.8) is 0 Å². The summed E-state index contributed by atoms with van der Waals surface area (Å²) in [5, 5.41) is 3.50. The van der Waals surface area contributed by atoms with Crippen molar-refractivity contribution in [3.8, 4) is 22.3 Å². The van der Waals surface area contributed by atoms with Gasteiger partial charge in [0.15, 0.2) is 0 Å². The molecule has 2 heterocycles. The van der Waals surface area contributed by atoms with Crippen molar-refractivity contribution < 1.29 is 4.39 Å². The fourth-order valence-corrected chi connectivity index (χ4v) is 3.24. The third-order valence-corrected chi connectivity index (χ3v) is 4.56. The van der Waals surface area contributed by atoms with Crippen LogP contribution >= 0.6 is 0 Å². The summed E-state index contributed by atoms with van der Waals surface area (Å²) in [6.07, 6.45) is 5.57. The molecule has 4 heteroatoms. The second-order valence-corrected chi connectivity index (χ2v) is 6.39. The van der Waals surface area contributed by atoms with E-state index in [9.17, 15) is 4.39 Å². The van der Waals surface area contributed by atoms with Gasteiger partial charge >= 0.3 is 0 Å². The molecular formula is C23H20FN3. The number of hydrogen-bond acceptors (Lipinski definition) is 2. The highest BCUT2D eigenvalue weighted by Crippen LogP contribution is 2.35. The van der Waals surface area contributed by atoms with Crippen molar-refractivity contribution >= 4 is 0 Å². The monoisotopic (exact) mass is 357 g/mol. The summed E-state index contributed by atoms with van der Waals surface area (Å²) < 4.78 is 13.3. The van der Waals surface area contributed by atoms with Gasteiger partial charge in [0.2, 0.25) is 0 Å². The maximum absolute atomic E-state index is 13.3. The highest BCUT2D eigenvalue weighted by molar-refractivity contribution is 5.85. The molecule has 0 bridgehead atoms. The molecular weight excluding hydrogens is 337 g/mol. The van der Waals surface area contributed by atoms with Crippen LogP contribution in [0.25, 0.3) is 22.3 Å². The number of aromatic amines is 1. The Balaban J connectivity index is 1.64. The molecule has 0 aliphatic heterocycles. The fourth-order valence-electron chi connectivity index (χ4n) is 3.24. The molecule has 0 radical (unpaired) electrons. The molecule has 2 aromatic carbocycles. The third-order valence-electron chi connectivity index (χ3n) is 4.56. The van der Waals surface area contributed by atoms with Crippen molar-refractivity contribution in [2.24, 2.45) is 0 Å². The number of halogens is 1. The van der Waals surface area contributed by atoms with Gasteiger partial charge < -0.3 is 10.3 Å². The number of hydrogen-bond donors (Lipinski definition) is 2. The van der Waals surface area contributed by atoms with Crippen LogP contribution in [0.3, 0.4) is 0 Å². The van der Waals surface area contributed by atoms with Crippen LogP contribution in [0, 0.1) is 5.82 Å². The zero-order valence-corrected chi connectivity index (χ0v) is 14.8. The standard InChI is InChI=1S/C23H20FN3/c24-20-8-6-18(7-9-20)21-15-27-22(23(21)19-10-12-25-13-11-19)16-26-14-17-4-2-1-3-5-17/h1-13,15,26-27H,14,16H2. The van der Waals surface area contributed by atoms with Gasteiger partial charge in [0, 0.05) is 48.5 Å². The Bertz CT molecular complexity index is 993. The molecule has 134 valence electrons. The van der Waals surface area contributed by atoms with E-state index in [-0.39, 0.29) is 5.82 Å². The zero-order valence-electron chi connectivity index (χ0n) is 14.8. The maximum atomic E-state index is 13.3. The van der Waals surface area contributed by atoms with E-state index in [1.165, 1.54) is 17.7 Å². The highest BCUT2D eigenvalue weighted by Gasteiger charge is 2.14. The molecule has 0 aliphatic carbocycles. The van der Waals surface area contributed by atoms with Crippen molar-refractivity contribution in [2.75, 3.05) is 0 Å². The van der Waals surface area contributed by atoms with Gasteiger partial charge in [-0.15, -0.1) is 0 Å². The number of rotatable bonds is 6. The predicted molar refractivity (Wildman–Crippen MR) is 106 cm³/mol. The lowest BCUT2D eigenvalue weighted by atomic mass is 9.97. The summed E-state index contributed by atoms with van der Waals surface area (Å²) in [5.41, 5.74) is 6.57. The molecule has 0 amide bonds. The van der Waals surface area contributed by atoms with Gasteiger partial charge in [-0.05, 0) is 41.0 Å². The molecule has 2 N–H and O–H groups in total. The minimum atomic E-state index is -0.232. The molecule has 2 aromatic heterocycles. The molecule has 0 unspecified atom stereocenters. The van der Waals surface area contributed by atoms with Gasteiger partial charge in [0.25, 0.3) is 0 Å². The van der Waals surface area contributed by atoms with E-state index in [2.05, 4.69) is 27.4 Å². The van der Waals surface area contributed by atoms with E-state index >= 15 is 0 Å².